The Labute approximate surface area is 126 Å². The average molecular weight is 296 g/mol. The molecule has 3 heterocycles. The standard InChI is InChI=1S/C16H12N2O2S/c1-10-3-2-4-12(18-10)15-16(21-8-17-15)11-5-6-13-14(7-11)20-9-19-13/h2-8H,9H2,1H3. The van der Waals surface area contributed by atoms with Crippen molar-refractivity contribution in [3.8, 4) is 33.3 Å². The lowest BCUT2D eigenvalue weighted by molar-refractivity contribution is 0.174. The topological polar surface area (TPSA) is 44.2 Å². The first kappa shape index (κ1) is 12.3. The Kier molecular flexibility index (Phi) is 2.86. The van der Waals surface area contributed by atoms with Gasteiger partial charge in [-0.25, -0.2) is 4.98 Å². The maximum absolute atomic E-state index is 5.45. The van der Waals surface area contributed by atoms with Gasteiger partial charge in [-0.1, -0.05) is 6.07 Å². The molecule has 0 amide bonds. The van der Waals surface area contributed by atoms with Crippen molar-refractivity contribution in [2.75, 3.05) is 6.79 Å². The summed E-state index contributed by atoms with van der Waals surface area (Å²) in [4.78, 5) is 10.1. The summed E-state index contributed by atoms with van der Waals surface area (Å²) in [7, 11) is 0. The summed E-state index contributed by atoms with van der Waals surface area (Å²) in [6, 6.07) is 11.9. The van der Waals surface area contributed by atoms with Gasteiger partial charge in [0, 0.05) is 5.69 Å². The van der Waals surface area contributed by atoms with Crippen LogP contribution in [0, 0.1) is 6.92 Å². The van der Waals surface area contributed by atoms with Crippen molar-refractivity contribution in [2.24, 2.45) is 0 Å². The van der Waals surface area contributed by atoms with Gasteiger partial charge in [0.05, 0.1) is 16.1 Å². The first-order valence-electron chi connectivity index (χ1n) is 6.59. The largest absolute Gasteiger partial charge is 0.454 e. The lowest BCUT2D eigenvalue weighted by atomic mass is 10.1. The molecule has 5 heteroatoms. The molecule has 0 bridgehead atoms. The number of aryl methyl sites for hydroxylation is 1. The molecule has 2 aromatic heterocycles. The maximum Gasteiger partial charge on any atom is 0.231 e. The number of hydrogen-bond acceptors (Lipinski definition) is 5. The monoisotopic (exact) mass is 296 g/mol. The lowest BCUT2D eigenvalue weighted by Crippen LogP contribution is -1.92. The minimum absolute atomic E-state index is 0.285. The molecule has 3 aromatic rings. The molecule has 0 fully saturated rings. The number of benzene rings is 1. The Bertz CT molecular complexity index is 814. The molecule has 0 unspecified atom stereocenters. The van der Waals surface area contributed by atoms with E-state index in [-0.39, 0.29) is 6.79 Å². The summed E-state index contributed by atoms with van der Waals surface area (Å²) in [6.45, 7) is 2.27. The van der Waals surface area contributed by atoms with E-state index < -0.39 is 0 Å². The maximum atomic E-state index is 5.45. The van der Waals surface area contributed by atoms with E-state index in [1.54, 1.807) is 11.3 Å². The molecule has 0 spiro atoms. The smallest absolute Gasteiger partial charge is 0.231 e. The second-order valence-corrected chi connectivity index (χ2v) is 5.62. The van der Waals surface area contributed by atoms with Crippen LogP contribution in [0.2, 0.25) is 0 Å². The van der Waals surface area contributed by atoms with Gasteiger partial charge in [0.2, 0.25) is 6.79 Å². The van der Waals surface area contributed by atoms with E-state index in [4.69, 9.17) is 9.47 Å². The normalized spacial score (nSPS) is 12.6. The molecule has 0 atom stereocenters. The second kappa shape index (κ2) is 4.86. The first-order valence-corrected chi connectivity index (χ1v) is 7.47. The number of pyridine rings is 1. The molecule has 0 aliphatic carbocycles. The van der Waals surface area contributed by atoms with Crippen molar-refractivity contribution in [3.63, 3.8) is 0 Å². The summed E-state index contributed by atoms with van der Waals surface area (Å²) in [5.74, 6) is 1.57. The number of hydrogen-bond donors (Lipinski definition) is 0. The Morgan fingerprint density at radius 2 is 2.00 bits per heavy atom. The van der Waals surface area contributed by atoms with Crippen molar-refractivity contribution in [2.45, 2.75) is 6.92 Å². The van der Waals surface area contributed by atoms with E-state index in [9.17, 15) is 0 Å². The van der Waals surface area contributed by atoms with Gasteiger partial charge in [0.25, 0.3) is 0 Å². The number of rotatable bonds is 2. The third-order valence-electron chi connectivity index (χ3n) is 3.33. The number of nitrogens with zero attached hydrogens (tertiary/aromatic N) is 2. The average Bonchev–Trinajstić information content (AvgIpc) is 3.15. The Hall–Kier alpha value is -2.40. The van der Waals surface area contributed by atoms with Crippen molar-refractivity contribution in [3.05, 3.63) is 47.6 Å². The molecule has 1 aliphatic heterocycles. The molecular formula is C16H12N2O2S. The van der Waals surface area contributed by atoms with Crippen LogP contribution < -0.4 is 9.47 Å². The fourth-order valence-electron chi connectivity index (χ4n) is 2.35. The molecular weight excluding hydrogens is 284 g/mol. The van der Waals surface area contributed by atoms with Crippen molar-refractivity contribution >= 4 is 11.3 Å². The zero-order valence-electron chi connectivity index (χ0n) is 11.4. The quantitative estimate of drug-likeness (QED) is 0.719. The highest BCUT2D eigenvalue weighted by Crippen LogP contribution is 2.40. The van der Waals surface area contributed by atoms with E-state index in [0.29, 0.717) is 0 Å². The van der Waals surface area contributed by atoms with Gasteiger partial charge in [0.15, 0.2) is 11.5 Å². The molecule has 0 saturated carbocycles. The van der Waals surface area contributed by atoms with E-state index in [1.165, 1.54) is 0 Å². The van der Waals surface area contributed by atoms with Gasteiger partial charge in [-0.15, -0.1) is 11.3 Å². The molecule has 4 nitrogen and oxygen atoms in total. The first-order chi connectivity index (χ1) is 10.3. The number of thiazole rings is 1. The molecule has 0 radical (unpaired) electrons. The third kappa shape index (κ3) is 2.15. The lowest BCUT2D eigenvalue weighted by Gasteiger charge is -2.04. The van der Waals surface area contributed by atoms with Crippen LogP contribution in [0.4, 0.5) is 0 Å². The minimum atomic E-state index is 0.285. The highest BCUT2D eigenvalue weighted by molar-refractivity contribution is 7.13. The summed E-state index contributed by atoms with van der Waals surface area (Å²) < 4.78 is 10.8. The van der Waals surface area contributed by atoms with E-state index in [0.717, 1.165) is 39.0 Å². The van der Waals surface area contributed by atoms with Gasteiger partial charge in [-0.3, -0.25) is 4.98 Å². The second-order valence-electron chi connectivity index (χ2n) is 4.76. The minimum Gasteiger partial charge on any atom is -0.454 e. The molecule has 1 aromatic carbocycles. The molecule has 0 saturated heterocycles. The summed E-state index contributed by atoms with van der Waals surface area (Å²) in [5.41, 5.74) is 5.70. The number of aromatic nitrogens is 2. The van der Waals surface area contributed by atoms with Gasteiger partial charge in [0.1, 0.15) is 5.69 Å². The van der Waals surface area contributed by atoms with Crippen LogP contribution in [-0.4, -0.2) is 16.8 Å². The number of ether oxygens (including phenoxy) is 2. The van der Waals surface area contributed by atoms with Crippen LogP contribution in [-0.2, 0) is 0 Å². The van der Waals surface area contributed by atoms with Crippen molar-refractivity contribution < 1.29 is 9.47 Å². The van der Waals surface area contributed by atoms with Crippen LogP contribution >= 0.6 is 11.3 Å². The van der Waals surface area contributed by atoms with Crippen LogP contribution in [0.3, 0.4) is 0 Å². The van der Waals surface area contributed by atoms with Crippen molar-refractivity contribution in [1.82, 2.24) is 9.97 Å². The number of fused-ring (bicyclic) bond motifs is 1. The van der Waals surface area contributed by atoms with E-state index >= 15 is 0 Å². The highest BCUT2D eigenvalue weighted by atomic mass is 32.1. The van der Waals surface area contributed by atoms with Crippen LogP contribution in [0.1, 0.15) is 5.69 Å². The fraction of sp³-hybridized carbons (Fsp3) is 0.125. The Balaban J connectivity index is 1.82. The van der Waals surface area contributed by atoms with Crippen LogP contribution in [0.5, 0.6) is 11.5 Å². The zero-order valence-corrected chi connectivity index (χ0v) is 12.2. The van der Waals surface area contributed by atoms with Crippen molar-refractivity contribution in [1.29, 1.82) is 0 Å². The van der Waals surface area contributed by atoms with Gasteiger partial charge < -0.3 is 9.47 Å². The SMILES string of the molecule is Cc1cccc(-c2ncsc2-c2ccc3c(c2)OCO3)n1. The molecule has 1 aliphatic rings. The predicted octanol–water partition coefficient (Wildman–Crippen LogP) is 3.91. The summed E-state index contributed by atoms with van der Waals surface area (Å²) >= 11 is 1.60. The molecule has 4 rings (SSSR count). The van der Waals surface area contributed by atoms with E-state index in [2.05, 4.69) is 9.97 Å². The van der Waals surface area contributed by atoms with E-state index in [1.807, 2.05) is 48.8 Å². The molecule has 21 heavy (non-hydrogen) atoms. The Morgan fingerprint density at radius 3 is 2.90 bits per heavy atom. The summed E-state index contributed by atoms with van der Waals surface area (Å²) in [6.07, 6.45) is 0. The molecule has 104 valence electrons. The van der Waals surface area contributed by atoms with Gasteiger partial charge >= 0.3 is 0 Å². The zero-order chi connectivity index (χ0) is 14.2. The van der Waals surface area contributed by atoms with Crippen LogP contribution in [0.15, 0.2) is 41.9 Å². The summed E-state index contributed by atoms with van der Waals surface area (Å²) in [5, 5.41) is 0. The van der Waals surface area contributed by atoms with Gasteiger partial charge in [-0.2, -0.15) is 0 Å². The third-order valence-corrected chi connectivity index (χ3v) is 4.21. The molecule has 0 N–H and O–H groups in total. The Morgan fingerprint density at radius 1 is 1.10 bits per heavy atom. The predicted molar refractivity (Wildman–Crippen MR) is 81.6 cm³/mol. The van der Waals surface area contributed by atoms with Gasteiger partial charge in [-0.05, 0) is 42.8 Å². The van der Waals surface area contributed by atoms with Crippen LogP contribution in [0.25, 0.3) is 21.8 Å². The highest BCUT2D eigenvalue weighted by Gasteiger charge is 2.17. The fourth-order valence-corrected chi connectivity index (χ4v) is 3.14.